The molecule has 1 heterocycles. The highest BCUT2D eigenvalue weighted by molar-refractivity contribution is 6.30. The van der Waals surface area contributed by atoms with Crippen molar-refractivity contribution < 1.29 is 4.42 Å². The van der Waals surface area contributed by atoms with Gasteiger partial charge in [0.15, 0.2) is 0 Å². The molecule has 2 N–H and O–H groups in total. The minimum atomic E-state index is 0.0874. The average molecular weight is 279 g/mol. The molecule has 2 rings (SSSR count). The summed E-state index contributed by atoms with van der Waals surface area (Å²) in [5, 5.41) is 0.753. The molecular formula is C15H19ClN2O. The Bertz CT molecular complexity index is 521. The third-order valence-electron chi connectivity index (χ3n) is 3.19. The monoisotopic (exact) mass is 278 g/mol. The van der Waals surface area contributed by atoms with E-state index >= 15 is 0 Å². The number of nitrogens with zero attached hydrogens (tertiary/aromatic N) is 1. The molecule has 0 bridgehead atoms. The number of benzene rings is 1. The first-order valence-electron chi connectivity index (χ1n) is 6.31. The summed E-state index contributed by atoms with van der Waals surface area (Å²) in [5.41, 5.74) is 7.07. The van der Waals surface area contributed by atoms with Crippen LogP contribution in [0.25, 0.3) is 0 Å². The van der Waals surface area contributed by atoms with Crippen molar-refractivity contribution in [2.45, 2.75) is 19.5 Å². The van der Waals surface area contributed by atoms with Gasteiger partial charge in [0.25, 0.3) is 0 Å². The molecule has 0 aliphatic rings. The first kappa shape index (κ1) is 14.1. The Morgan fingerprint density at radius 1 is 1.21 bits per heavy atom. The van der Waals surface area contributed by atoms with Crippen molar-refractivity contribution in [2.24, 2.45) is 5.73 Å². The van der Waals surface area contributed by atoms with Gasteiger partial charge in [0.05, 0.1) is 6.04 Å². The van der Waals surface area contributed by atoms with Crippen LogP contribution in [-0.2, 0) is 6.54 Å². The molecule has 2 aromatic rings. The van der Waals surface area contributed by atoms with E-state index in [0.717, 1.165) is 23.1 Å². The van der Waals surface area contributed by atoms with Gasteiger partial charge < -0.3 is 10.2 Å². The van der Waals surface area contributed by atoms with E-state index in [1.54, 1.807) is 0 Å². The Balaban J connectivity index is 2.08. The number of furan rings is 1. The number of rotatable bonds is 5. The molecule has 1 unspecified atom stereocenters. The van der Waals surface area contributed by atoms with Crippen molar-refractivity contribution in [3.8, 4) is 0 Å². The van der Waals surface area contributed by atoms with Gasteiger partial charge >= 0.3 is 0 Å². The second kappa shape index (κ2) is 6.24. The van der Waals surface area contributed by atoms with Crippen molar-refractivity contribution >= 4 is 11.6 Å². The van der Waals surface area contributed by atoms with E-state index in [4.69, 9.17) is 21.8 Å². The van der Waals surface area contributed by atoms with Gasteiger partial charge in [-0.1, -0.05) is 23.7 Å². The Hall–Kier alpha value is -1.29. The van der Waals surface area contributed by atoms with Crippen LogP contribution in [-0.4, -0.2) is 18.5 Å². The minimum Gasteiger partial charge on any atom is -0.465 e. The van der Waals surface area contributed by atoms with Crippen LogP contribution in [0.4, 0.5) is 0 Å². The van der Waals surface area contributed by atoms with E-state index in [9.17, 15) is 0 Å². The average Bonchev–Trinajstić information content (AvgIpc) is 2.80. The topological polar surface area (TPSA) is 42.4 Å². The number of likely N-dealkylation sites (N-methyl/N-ethyl adjacent to an activating group) is 1. The van der Waals surface area contributed by atoms with Gasteiger partial charge in [-0.15, -0.1) is 0 Å². The van der Waals surface area contributed by atoms with E-state index in [-0.39, 0.29) is 6.04 Å². The maximum absolute atomic E-state index is 5.89. The van der Waals surface area contributed by atoms with Gasteiger partial charge in [0.2, 0.25) is 0 Å². The van der Waals surface area contributed by atoms with Crippen LogP contribution in [0.3, 0.4) is 0 Å². The van der Waals surface area contributed by atoms with Crippen molar-refractivity contribution in [2.75, 3.05) is 13.6 Å². The Morgan fingerprint density at radius 3 is 2.42 bits per heavy atom. The first-order chi connectivity index (χ1) is 9.10. The van der Waals surface area contributed by atoms with Crippen LogP contribution < -0.4 is 5.73 Å². The molecule has 1 aromatic heterocycles. The highest BCUT2D eigenvalue weighted by Gasteiger charge is 2.18. The lowest BCUT2D eigenvalue weighted by atomic mass is 10.1. The van der Waals surface area contributed by atoms with Crippen LogP contribution in [0.15, 0.2) is 40.8 Å². The van der Waals surface area contributed by atoms with Gasteiger partial charge in [0, 0.05) is 18.1 Å². The first-order valence-corrected chi connectivity index (χ1v) is 6.69. The molecule has 1 atom stereocenters. The predicted molar refractivity (Wildman–Crippen MR) is 78.2 cm³/mol. The number of halogens is 1. The van der Waals surface area contributed by atoms with Crippen LogP contribution >= 0.6 is 11.6 Å². The molecular weight excluding hydrogens is 260 g/mol. The number of hydrogen-bond acceptors (Lipinski definition) is 3. The summed E-state index contributed by atoms with van der Waals surface area (Å²) in [6.07, 6.45) is 0. The Morgan fingerprint density at radius 2 is 1.89 bits per heavy atom. The molecule has 0 aliphatic carbocycles. The zero-order valence-corrected chi connectivity index (χ0v) is 12.0. The molecule has 0 spiro atoms. The number of nitrogens with two attached hydrogens (primary N) is 1. The molecule has 4 heteroatoms. The number of hydrogen-bond donors (Lipinski definition) is 1. The zero-order chi connectivity index (χ0) is 13.8. The quantitative estimate of drug-likeness (QED) is 0.912. The van der Waals surface area contributed by atoms with E-state index in [1.165, 1.54) is 5.56 Å². The summed E-state index contributed by atoms with van der Waals surface area (Å²) in [6, 6.07) is 11.9. The Labute approximate surface area is 119 Å². The van der Waals surface area contributed by atoms with Gasteiger partial charge in [-0.25, -0.2) is 0 Å². The van der Waals surface area contributed by atoms with Gasteiger partial charge in [-0.3, -0.25) is 4.90 Å². The van der Waals surface area contributed by atoms with E-state index in [2.05, 4.69) is 4.90 Å². The van der Waals surface area contributed by atoms with Crippen molar-refractivity contribution in [1.82, 2.24) is 4.90 Å². The fourth-order valence-corrected chi connectivity index (χ4v) is 2.26. The molecule has 0 aliphatic heterocycles. The lowest BCUT2D eigenvalue weighted by molar-refractivity contribution is 0.211. The normalized spacial score (nSPS) is 12.9. The molecule has 19 heavy (non-hydrogen) atoms. The van der Waals surface area contributed by atoms with Gasteiger partial charge in [0.1, 0.15) is 11.5 Å². The van der Waals surface area contributed by atoms with E-state index in [0.29, 0.717) is 6.54 Å². The van der Waals surface area contributed by atoms with E-state index < -0.39 is 0 Å². The molecule has 0 radical (unpaired) electrons. The fraction of sp³-hybridized carbons (Fsp3) is 0.333. The molecule has 1 aromatic carbocycles. The summed E-state index contributed by atoms with van der Waals surface area (Å²) in [5.74, 6) is 1.82. The number of aryl methyl sites for hydroxylation is 1. The van der Waals surface area contributed by atoms with Crippen molar-refractivity contribution in [1.29, 1.82) is 0 Å². The summed E-state index contributed by atoms with van der Waals surface area (Å²) < 4.78 is 5.67. The molecule has 0 amide bonds. The lowest BCUT2D eigenvalue weighted by Gasteiger charge is -2.25. The third-order valence-corrected chi connectivity index (χ3v) is 3.44. The highest BCUT2D eigenvalue weighted by Crippen LogP contribution is 2.22. The molecule has 0 saturated carbocycles. The van der Waals surface area contributed by atoms with Crippen molar-refractivity contribution in [3.63, 3.8) is 0 Å². The van der Waals surface area contributed by atoms with Crippen molar-refractivity contribution in [3.05, 3.63) is 58.5 Å². The molecule has 0 saturated heterocycles. The van der Waals surface area contributed by atoms with Crippen LogP contribution in [0.1, 0.15) is 23.1 Å². The van der Waals surface area contributed by atoms with Crippen LogP contribution in [0, 0.1) is 6.92 Å². The maximum Gasteiger partial charge on any atom is 0.122 e. The maximum atomic E-state index is 5.89. The minimum absolute atomic E-state index is 0.0874. The Kier molecular flexibility index (Phi) is 4.64. The fourth-order valence-electron chi connectivity index (χ4n) is 2.13. The largest absolute Gasteiger partial charge is 0.465 e. The van der Waals surface area contributed by atoms with Crippen LogP contribution in [0.5, 0.6) is 0 Å². The molecule has 0 fully saturated rings. The lowest BCUT2D eigenvalue weighted by Crippen LogP contribution is -2.29. The smallest absolute Gasteiger partial charge is 0.122 e. The standard InChI is InChI=1S/C15H19ClN2O/c1-11-3-8-15(19-11)14(9-17)18(2)10-12-4-6-13(16)7-5-12/h3-8,14H,9-10,17H2,1-2H3. The third kappa shape index (κ3) is 3.60. The summed E-state index contributed by atoms with van der Waals surface area (Å²) in [7, 11) is 2.05. The summed E-state index contributed by atoms with van der Waals surface area (Å²) in [4.78, 5) is 2.18. The van der Waals surface area contributed by atoms with E-state index in [1.807, 2.05) is 50.4 Å². The zero-order valence-electron chi connectivity index (χ0n) is 11.3. The van der Waals surface area contributed by atoms with Gasteiger partial charge in [-0.2, -0.15) is 0 Å². The highest BCUT2D eigenvalue weighted by atomic mass is 35.5. The van der Waals surface area contributed by atoms with Gasteiger partial charge in [-0.05, 0) is 43.8 Å². The predicted octanol–water partition coefficient (Wildman–Crippen LogP) is 3.37. The second-order valence-corrected chi connectivity index (χ2v) is 5.18. The summed E-state index contributed by atoms with van der Waals surface area (Å²) in [6.45, 7) is 3.27. The summed E-state index contributed by atoms with van der Waals surface area (Å²) >= 11 is 5.89. The molecule has 3 nitrogen and oxygen atoms in total. The SMILES string of the molecule is Cc1ccc(C(CN)N(C)Cc2ccc(Cl)cc2)o1. The molecule has 102 valence electrons. The second-order valence-electron chi connectivity index (χ2n) is 4.74. The van der Waals surface area contributed by atoms with Crippen LogP contribution in [0.2, 0.25) is 5.02 Å².